The van der Waals surface area contributed by atoms with Crippen LogP contribution in [0.15, 0.2) is 65.7 Å². The van der Waals surface area contributed by atoms with E-state index >= 15 is 0 Å². The van der Waals surface area contributed by atoms with Crippen LogP contribution >= 0.6 is 0 Å². The number of piperidine rings is 1. The van der Waals surface area contributed by atoms with Crippen molar-refractivity contribution in [2.75, 3.05) is 13.1 Å². The van der Waals surface area contributed by atoms with Crippen LogP contribution in [0, 0.1) is 5.82 Å². The minimum absolute atomic E-state index is 0.0216. The molecule has 5 nitrogen and oxygen atoms in total. The normalized spacial score (nSPS) is 15.3. The maximum atomic E-state index is 13.0. The number of carbonyl (C=O) groups excluding carboxylic acids is 1. The Morgan fingerprint density at radius 2 is 1.80 bits per heavy atom. The molecule has 1 aliphatic heterocycles. The minimum atomic E-state index is -0.457. The molecule has 1 aliphatic rings. The van der Waals surface area contributed by atoms with Crippen molar-refractivity contribution in [3.05, 3.63) is 99.5 Å². The molecule has 1 fully saturated rings. The largest absolute Gasteiger partial charge is 0.318 e. The molecule has 0 amide bonds. The maximum Gasteiger partial charge on any atom is 0.250 e. The Labute approximate surface area is 174 Å². The van der Waals surface area contributed by atoms with Gasteiger partial charge in [0.05, 0.1) is 6.20 Å². The van der Waals surface area contributed by atoms with Crippen molar-refractivity contribution in [3.8, 4) is 0 Å². The molecule has 0 bridgehead atoms. The molecule has 154 valence electrons. The zero-order valence-corrected chi connectivity index (χ0v) is 16.9. The lowest BCUT2D eigenvalue weighted by molar-refractivity contribution is 0.103. The standard InChI is InChI=1S/C24H24FN3O2/c1-27-16-20(6-9-23(27)29)18-10-12-28(13-11-18)15-17-2-4-19(5-3-17)24(30)22-8-7-21(25)14-26-22/h2-9,14,16,18H,10-13,15H2,1H3. The monoisotopic (exact) mass is 405 g/mol. The minimum Gasteiger partial charge on any atom is -0.318 e. The second-order valence-corrected chi connectivity index (χ2v) is 7.85. The Morgan fingerprint density at radius 3 is 2.43 bits per heavy atom. The summed E-state index contributed by atoms with van der Waals surface area (Å²) in [6, 6.07) is 13.8. The Kier molecular flexibility index (Phi) is 5.86. The third kappa shape index (κ3) is 4.54. The Morgan fingerprint density at radius 1 is 1.07 bits per heavy atom. The quantitative estimate of drug-likeness (QED) is 0.610. The number of aryl methyl sites for hydroxylation is 1. The third-order valence-corrected chi connectivity index (χ3v) is 5.75. The smallest absolute Gasteiger partial charge is 0.250 e. The zero-order valence-electron chi connectivity index (χ0n) is 16.9. The van der Waals surface area contributed by atoms with Crippen molar-refractivity contribution < 1.29 is 9.18 Å². The molecule has 0 spiro atoms. The number of benzene rings is 1. The lowest BCUT2D eigenvalue weighted by Crippen LogP contribution is -2.32. The Hall–Kier alpha value is -3.12. The number of aromatic nitrogens is 2. The van der Waals surface area contributed by atoms with E-state index < -0.39 is 5.82 Å². The van der Waals surface area contributed by atoms with Gasteiger partial charge in [-0.15, -0.1) is 0 Å². The number of rotatable bonds is 5. The van der Waals surface area contributed by atoms with Gasteiger partial charge >= 0.3 is 0 Å². The predicted octanol–water partition coefficient (Wildman–Crippen LogP) is 3.53. The van der Waals surface area contributed by atoms with Gasteiger partial charge in [-0.3, -0.25) is 14.5 Å². The Bertz CT molecular complexity index is 1080. The van der Waals surface area contributed by atoms with E-state index in [1.54, 1.807) is 29.8 Å². The molecule has 4 rings (SSSR count). The van der Waals surface area contributed by atoms with E-state index in [9.17, 15) is 14.0 Å². The van der Waals surface area contributed by atoms with Crippen molar-refractivity contribution in [1.29, 1.82) is 0 Å². The summed E-state index contributed by atoms with van der Waals surface area (Å²) < 4.78 is 14.6. The van der Waals surface area contributed by atoms with Gasteiger partial charge in [-0.05, 0) is 55.1 Å². The van der Waals surface area contributed by atoms with Crippen LogP contribution in [0.5, 0.6) is 0 Å². The van der Waals surface area contributed by atoms with E-state index in [2.05, 4.69) is 9.88 Å². The number of halogens is 1. The first kappa shape index (κ1) is 20.2. The molecule has 0 aliphatic carbocycles. The van der Waals surface area contributed by atoms with Gasteiger partial charge in [-0.1, -0.05) is 30.3 Å². The average Bonchev–Trinajstić information content (AvgIpc) is 2.77. The van der Waals surface area contributed by atoms with Crippen molar-refractivity contribution in [1.82, 2.24) is 14.5 Å². The molecule has 3 heterocycles. The molecule has 1 saturated heterocycles. The summed E-state index contributed by atoms with van der Waals surface area (Å²) >= 11 is 0. The van der Waals surface area contributed by atoms with Gasteiger partial charge in [0.15, 0.2) is 0 Å². The lowest BCUT2D eigenvalue weighted by atomic mass is 9.90. The van der Waals surface area contributed by atoms with Crippen molar-refractivity contribution in [3.63, 3.8) is 0 Å². The molecule has 1 aromatic carbocycles. The number of carbonyl (C=O) groups is 1. The first-order valence-electron chi connectivity index (χ1n) is 10.1. The number of nitrogens with zero attached hydrogens (tertiary/aromatic N) is 3. The fraction of sp³-hybridized carbons (Fsp3) is 0.292. The summed E-state index contributed by atoms with van der Waals surface area (Å²) in [5, 5.41) is 0. The van der Waals surface area contributed by atoms with Crippen LogP contribution in [-0.2, 0) is 13.6 Å². The van der Waals surface area contributed by atoms with Gasteiger partial charge in [0.2, 0.25) is 11.3 Å². The van der Waals surface area contributed by atoms with E-state index in [4.69, 9.17) is 0 Å². The molecule has 6 heteroatoms. The second kappa shape index (κ2) is 8.71. The van der Waals surface area contributed by atoms with Crippen LogP contribution in [0.2, 0.25) is 0 Å². The third-order valence-electron chi connectivity index (χ3n) is 5.75. The zero-order chi connectivity index (χ0) is 21.1. The molecule has 0 saturated carbocycles. The number of pyridine rings is 2. The van der Waals surface area contributed by atoms with E-state index in [1.807, 2.05) is 24.4 Å². The molecule has 0 atom stereocenters. The van der Waals surface area contributed by atoms with Crippen molar-refractivity contribution >= 4 is 5.78 Å². The fourth-order valence-corrected chi connectivity index (χ4v) is 3.96. The number of ketones is 1. The maximum absolute atomic E-state index is 13.0. The van der Waals surface area contributed by atoms with Crippen LogP contribution in [-0.4, -0.2) is 33.3 Å². The number of hydrogen-bond acceptors (Lipinski definition) is 4. The molecular formula is C24H24FN3O2. The highest BCUT2D eigenvalue weighted by Crippen LogP contribution is 2.28. The van der Waals surface area contributed by atoms with E-state index in [-0.39, 0.29) is 17.0 Å². The lowest BCUT2D eigenvalue weighted by Gasteiger charge is -2.32. The van der Waals surface area contributed by atoms with Crippen LogP contribution in [0.3, 0.4) is 0 Å². The highest BCUT2D eigenvalue weighted by atomic mass is 19.1. The van der Waals surface area contributed by atoms with Gasteiger partial charge in [-0.2, -0.15) is 0 Å². The summed E-state index contributed by atoms with van der Waals surface area (Å²) in [7, 11) is 1.79. The molecule has 0 N–H and O–H groups in total. The average molecular weight is 405 g/mol. The summed E-state index contributed by atoms with van der Waals surface area (Å²) in [5.41, 5.74) is 3.19. The fourth-order valence-electron chi connectivity index (χ4n) is 3.96. The highest BCUT2D eigenvalue weighted by molar-refractivity contribution is 6.07. The predicted molar refractivity (Wildman–Crippen MR) is 113 cm³/mol. The van der Waals surface area contributed by atoms with E-state index in [1.165, 1.54) is 17.7 Å². The van der Waals surface area contributed by atoms with Crippen LogP contribution in [0.4, 0.5) is 4.39 Å². The molecule has 2 aromatic heterocycles. The summed E-state index contributed by atoms with van der Waals surface area (Å²) in [5.74, 6) is -0.183. The number of likely N-dealkylation sites (tertiary alicyclic amines) is 1. The topological polar surface area (TPSA) is 55.2 Å². The van der Waals surface area contributed by atoms with E-state index in [0.717, 1.165) is 44.2 Å². The first-order chi connectivity index (χ1) is 14.5. The van der Waals surface area contributed by atoms with Gasteiger partial charge in [-0.25, -0.2) is 9.37 Å². The van der Waals surface area contributed by atoms with Crippen molar-refractivity contribution in [2.45, 2.75) is 25.3 Å². The van der Waals surface area contributed by atoms with Gasteiger partial charge in [0.25, 0.3) is 0 Å². The molecule has 30 heavy (non-hydrogen) atoms. The second-order valence-electron chi connectivity index (χ2n) is 7.85. The first-order valence-corrected chi connectivity index (χ1v) is 10.1. The number of hydrogen-bond donors (Lipinski definition) is 0. The SMILES string of the molecule is Cn1cc(C2CCN(Cc3ccc(C(=O)c4ccc(F)cn4)cc3)CC2)ccc1=O. The molecule has 0 unspecified atom stereocenters. The molecular weight excluding hydrogens is 381 g/mol. The summed E-state index contributed by atoms with van der Waals surface area (Å²) in [4.78, 5) is 30.3. The molecule has 0 radical (unpaired) electrons. The van der Waals surface area contributed by atoms with Crippen LogP contribution in [0.1, 0.15) is 45.9 Å². The Balaban J connectivity index is 1.34. The van der Waals surface area contributed by atoms with Crippen LogP contribution in [0.25, 0.3) is 0 Å². The van der Waals surface area contributed by atoms with E-state index in [0.29, 0.717) is 11.5 Å². The van der Waals surface area contributed by atoms with Crippen LogP contribution < -0.4 is 5.56 Å². The van der Waals surface area contributed by atoms with Gasteiger partial charge in [0, 0.05) is 31.4 Å². The summed E-state index contributed by atoms with van der Waals surface area (Å²) in [6.45, 7) is 2.82. The van der Waals surface area contributed by atoms with Crippen molar-refractivity contribution in [2.24, 2.45) is 7.05 Å². The van der Waals surface area contributed by atoms with Gasteiger partial charge < -0.3 is 4.57 Å². The van der Waals surface area contributed by atoms with Gasteiger partial charge in [0.1, 0.15) is 11.5 Å². The molecule has 3 aromatic rings. The highest BCUT2D eigenvalue weighted by Gasteiger charge is 2.21. The summed E-state index contributed by atoms with van der Waals surface area (Å²) in [6.07, 6.45) is 5.13.